The average Bonchev–Trinajstić information content (AvgIpc) is 2.65. The summed E-state index contributed by atoms with van der Waals surface area (Å²) >= 11 is 0. The van der Waals surface area contributed by atoms with E-state index in [-0.39, 0.29) is 42.5 Å². The summed E-state index contributed by atoms with van der Waals surface area (Å²) in [7, 11) is 3.93. The second kappa shape index (κ2) is 10.3. The molecule has 1 atom stereocenters. The number of carbonyl (C=O) groups is 2. The summed E-state index contributed by atoms with van der Waals surface area (Å²) in [4.78, 5) is 27.1. The van der Waals surface area contributed by atoms with Gasteiger partial charge in [-0.1, -0.05) is 0 Å². The van der Waals surface area contributed by atoms with Gasteiger partial charge in [0.25, 0.3) is 0 Å². The molecule has 1 heterocycles. The summed E-state index contributed by atoms with van der Waals surface area (Å²) in [6.07, 6.45) is 0.323. The number of halogens is 2. The van der Waals surface area contributed by atoms with E-state index in [1.807, 2.05) is 19.0 Å². The fourth-order valence-corrected chi connectivity index (χ4v) is 1.82. The standard InChI is InChI=1S/C11H22N4O2.2ClH/c1-14(2)5-6-15-8-9(7-10(15)16)11(17)13-4-3-12;;/h9H,3-8,12H2,1-2H3,(H,13,17);2*1H. The number of amides is 2. The van der Waals surface area contributed by atoms with E-state index in [1.54, 1.807) is 4.90 Å². The van der Waals surface area contributed by atoms with Gasteiger partial charge in [0.1, 0.15) is 0 Å². The van der Waals surface area contributed by atoms with Crippen molar-refractivity contribution in [2.24, 2.45) is 11.7 Å². The average molecular weight is 315 g/mol. The van der Waals surface area contributed by atoms with Gasteiger partial charge in [-0.05, 0) is 14.1 Å². The SMILES string of the molecule is CN(C)CCN1CC(C(=O)NCCN)CC1=O.Cl.Cl. The van der Waals surface area contributed by atoms with Gasteiger partial charge in [-0.3, -0.25) is 9.59 Å². The molecular weight excluding hydrogens is 291 g/mol. The molecule has 3 N–H and O–H groups in total. The van der Waals surface area contributed by atoms with Crippen LogP contribution in [0.5, 0.6) is 0 Å². The minimum Gasteiger partial charge on any atom is -0.355 e. The second-order valence-corrected chi connectivity index (χ2v) is 4.62. The molecule has 0 radical (unpaired) electrons. The van der Waals surface area contributed by atoms with Gasteiger partial charge >= 0.3 is 0 Å². The van der Waals surface area contributed by atoms with Crippen LogP contribution < -0.4 is 11.1 Å². The van der Waals surface area contributed by atoms with Gasteiger partial charge in [0.05, 0.1) is 5.92 Å². The third-order valence-electron chi connectivity index (χ3n) is 2.85. The first kappa shape index (κ1) is 20.8. The van der Waals surface area contributed by atoms with Crippen molar-refractivity contribution in [1.82, 2.24) is 15.1 Å². The van der Waals surface area contributed by atoms with Crippen molar-refractivity contribution in [1.29, 1.82) is 0 Å². The van der Waals surface area contributed by atoms with Gasteiger partial charge in [-0.15, -0.1) is 24.8 Å². The summed E-state index contributed by atoms with van der Waals surface area (Å²) in [6, 6.07) is 0. The van der Waals surface area contributed by atoms with E-state index in [0.29, 0.717) is 32.6 Å². The molecule has 1 aliphatic rings. The van der Waals surface area contributed by atoms with E-state index in [1.165, 1.54) is 0 Å². The molecule has 1 unspecified atom stereocenters. The van der Waals surface area contributed by atoms with Gasteiger partial charge in [0, 0.05) is 39.1 Å². The van der Waals surface area contributed by atoms with Crippen molar-refractivity contribution in [3.63, 3.8) is 0 Å². The number of hydrogen-bond acceptors (Lipinski definition) is 4. The number of nitrogens with one attached hydrogen (secondary N) is 1. The molecular formula is C11H24Cl2N4O2. The van der Waals surface area contributed by atoms with Gasteiger partial charge in [0.15, 0.2) is 0 Å². The lowest BCUT2D eigenvalue weighted by molar-refractivity contribution is -0.129. The van der Waals surface area contributed by atoms with E-state index in [4.69, 9.17) is 5.73 Å². The molecule has 1 aliphatic heterocycles. The van der Waals surface area contributed by atoms with Crippen molar-refractivity contribution < 1.29 is 9.59 Å². The predicted octanol–water partition coefficient (Wildman–Crippen LogP) is -0.685. The highest BCUT2D eigenvalue weighted by molar-refractivity contribution is 5.89. The van der Waals surface area contributed by atoms with Gasteiger partial charge in [-0.25, -0.2) is 0 Å². The van der Waals surface area contributed by atoms with Crippen molar-refractivity contribution in [2.45, 2.75) is 6.42 Å². The van der Waals surface area contributed by atoms with Crippen molar-refractivity contribution in [3.05, 3.63) is 0 Å². The van der Waals surface area contributed by atoms with E-state index in [0.717, 1.165) is 6.54 Å². The number of carbonyl (C=O) groups excluding carboxylic acids is 2. The highest BCUT2D eigenvalue weighted by Gasteiger charge is 2.33. The van der Waals surface area contributed by atoms with Crippen LogP contribution in [0.2, 0.25) is 0 Å². The minimum atomic E-state index is -0.212. The molecule has 8 heteroatoms. The van der Waals surface area contributed by atoms with E-state index in [2.05, 4.69) is 5.32 Å². The lowest BCUT2D eigenvalue weighted by atomic mass is 10.1. The Morgan fingerprint density at radius 3 is 2.63 bits per heavy atom. The molecule has 0 spiro atoms. The van der Waals surface area contributed by atoms with Crippen LogP contribution in [-0.4, -0.2) is 68.4 Å². The topological polar surface area (TPSA) is 78.7 Å². The Morgan fingerprint density at radius 2 is 2.11 bits per heavy atom. The van der Waals surface area contributed by atoms with Gasteiger partial charge in [-0.2, -0.15) is 0 Å². The van der Waals surface area contributed by atoms with Crippen LogP contribution in [0.3, 0.4) is 0 Å². The smallest absolute Gasteiger partial charge is 0.225 e. The van der Waals surface area contributed by atoms with Gasteiger partial charge in [0.2, 0.25) is 11.8 Å². The quantitative estimate of drug-likeness (QED) is 0.680. The Bertz CT molecular complexity index is 290. The lowest BCUT2D eigenvalue weighted by Crippen LogP contribution is -2.37. The highest BCUT2D eigenvalue weighted by atomic mass is 35.5. The van der Waals surface area contributed by atoms with Crippen LogP contribution in [-0.2, 0) is 9.59 Å². The zero-order valence-corrected chi connectivity index (χ0v) is 13.1. The number of nitrogens with two attached hydrogens (primary N) is 1. The summed E-state index contributed by atoms with van der Waals surface area (Å²) in [5.74, 6) is -0.202. The largest absolute Gasteiger partial charge is 0.355 e. The first-order chi connectivity index (χ1) is 8.04. The van der Waals surface area contributed by atoms with E-state index >= 15 is 0 Å². The molecule has 0 aromatic heterocycles. The molecule has 0 bridgehead atoms. The Labute approximate surface area is 126 Å². The first-order valence-corrected chi connectivity index (χ1v) is 5.95. The summed E-state index contributed by atoms with van der Waals surface area (Å²) in [6.45, 7) is 2.94. The fourth-order valence-electron chi connectivity index (χ4n) is 1.82. The number of rotatable bonds is 6. The third-order valence-corrected chi connectivity index (χ3v) is 2.85. The zero-order chi connectivity index (χ0) is 12.8. The molecule has 0 saturated carbocycles. The molecule has 1 rings (SSSR count). The minimum absolute atomic E-state index is 0. The Hall–Kier alpha value is -0.560. The predicted molar refractivity (Wildman–Crippen MR) is 79.8 cm³/mol. The fraction of sp³-hybridized carbons (Fsp3) is 0.818. The van der Waals surface area contributed by atoms with Crippen LogP contribution in [0, 0.1) is 5.92 Å². The summed E-state index contributed by atoms with van der Waals surface area (Å²) in [5.41, 5.74) is 5.31. The normalized spacial score (nSPS) is 18.0. The molecule has 1 fully saturated rings. The molecule has 6 nitrogen and oxygen atoms in total. The Balaban J connectivity index is 0. The first-order valence-electron chi connectivity index (χ1n) is 5.95. The van der Waals surface area contributed by atoms with Crippen LogP contribution >= 0.6 is 24.8 Å². The molecule has 0 aliphatic carbocycles. The zero-order valence-electron chi connectivity index (χ0n) is 11.4. The summed E-state index contributed by atoms with van der Waals surface area (Å²) < 4.78 is 0. The molecule has 19 heavy (non-hydrogen) atoms. The number of nitrogens with zero attached hydrogens (tertiary/aromatic N) is 2. The van der Waals surface area contributed by atoms with Crippen molar-refractivity contribution >= 4 is 36.6 Å². The van der Waals surface area contributed by atoms with Crippen LogP contribution in [0.4, 0.5) is 0 Å². The molecule has 0 aromatic rings. The summed E-state index contributed by atoms with van der Waals surface area (Å²) in [5, 5.41) is 2.73. The third kappa shape index (κ3) is 6.96. The maximum Gasteiger partial charge on any atom is 0.225 e. The highest BCUT2D eigenvalue weighted by Crippen LogP contribution is 2.17. The lowest BCUT2D eigenvalue weighted by Gasteiger charge is -2.19. The molecule has 114 valence electrons. The van der Waals surface area contributed by atoms with Gasteiger partial charge < -0.3 is 20.9 Å². The molecule has 2 amide bonds. The Morgan fingerprint density at radius 1 is 1.47 bits per heavy atom. The van der Waals surface area contributed by atoms with Crippen LogP contribution in [0.1, 0.15) is 6.42 Å². The van der Waals surface area contributed by atoms with E-state index < -0.39 is 0 Å². The number of likely N-dealkylation sites (tertiary alicyclic amines) is 1. The van der Waals surface area contributed by atoms with Crippen LogP contribution in [0.15, 0.2) is 0 Å². The van der Waals surface area contributed by atoms with E-state index in [9.17, 15) is 9.59 Å². The van der Waals surface area contributed by atoms with Crippen molar-refractivity contribution in [3.8, 4) is 0 Å². The Kier molecular flexibility index (Phi) is 11.2. The van der Waals surface area contributed by atoms with Crippen molar-refractivity contribution in [2.75, 3.05) is 46.8 Å². The maximum absolute atomic E-state index is 11.7. The molecule has 1 saturated heterocycles. The maximum atomic E-state index is 11.7. The monoisotopic (exact) mass is 314 g/mol. The molecule has 0 aromatic carbocycles. The number of likely N-dealkylation sites (N-methyl/N-ethyl adjacent to an activating group) is 1. The second-order valence-electron chi connectivity index (χ2n) is 4.62. The van der Waals surface area contributed by atoms with Crippen LogP contribution in [0.25, 0.3) is 0 Å². The number of hydrogen-bond donors (Lipinski definition) is 2.